The number of nitrogens with zero attached hydrogens (tertiary/aromatic N) is 3. The van der Waals surface area contributed by atoms with E-state index in [1.807, 2.05) is 6.20 Å². The maximum absolute atomic E-state index is 12.6. The molecule has 6 aromatic carbocycles. The smallest absolute Gasteiger partial charge is 0.148 e. The van der Waals surface area contributed by atoms with Gasteiger partial charge in [0.2, 0.25) is 0 Å². The Morgan fingerprint density at radius 2 is 1.07 bits per heavy atom. The Morgan fingerprint density at radius 1 is 0.493 bits per heavy atom. The van der Waals surface area contributed by atoms with E-state index in [0.29, 0.717) is 11.4 Å². The molecule has 0 aliphatic carbocycles. The molecule has 0 aliphatic rings. The molecule has 2 aromatic heterocycles. The fourth-order valence-corrected chi connectivity index (χ4v) is 11.8. The monoisotopic (exact) mass is 1150 g/mol. The van der Waals surface area contributed by atoms with Gasteiger partial charge in [-0.15, -0.1) is 29.3 Å². The summed E-state index contributed by atoms with van der Waals surface area (Å²) < 4.78 is 2.30. The summed E-state index contributed by atoms with van der Waals surface area (Å²) in [6, 6.07) is 48.7. The summed E-state index contributed by atoms with van der Waals surface area (Å²) in [5.41, 5.74) is 15.6. The fraction of sp³-hybridized carbons (Fsp3) is 0.344. The molecule has 7 heteroatoms. The molecule has 372 valence electrons. The van der Waals surface area contributed by atoms with E-state index in [0.717, 1.165) is 61.4 Å². The van der Waals surface area contributed by atoms with Crippen LogP contribution >= 0.6 is 0 Å². The molecule has 1 N–H and O–H groups in total. The van der Waals surface area contributed by atoms with Crippen molar-refractivity contribution in [1.82, 2.24) is 14.5 Å². The van der Waals surface area contributed by atoms with Crippen LogP contribution in [0.4, 0.5) is 0 Å². The molecule has 71 heavy (non-hydrogen) atoms. The van der Waals surface area contributed by atoms with Crippen molar-refractivity contribution in [1.29, 1.82) is 0 Å². The average molecular weight is 1150 g/mol. The predicted octanol–water partition coefficient (Wildman–Crippen LogP) is 16.5. The Kier molecular flexibility index (Phi) is 14.4. The van der Waals surface area contributed by atoms with Gasteiger partial charge in [-0.3, -0.25) is 9.55 Å². The molecule has 0 saturated carbocycles. The minimum atomic E-state index is -1.61. The molecule has 4 nitrogen and oxygen atoms in total. The standard InChI is InChI=1S/C64H76N3OSi2.Pt/c1-61(2,3)46-27-28-56(52(37-46)41-23-20-19-21-24-41)67-57-26-22-25-51(58(57)66-60(67)53-38-48(63(7,8)9)39-54(59(53)68)64(10,11)12)44-31-45(33-47(32-44)62(4,5)6)55-36-42(29-30-65-55)43-34-49(69(13,14)15)40-50(35-43)70(16,17)18;/h19-30,32-40,68H,1-18H3;/q-1;. The Bertz CT molecular complexity index is 3240. The van der Waals surface area contributed by atoms with E-state index in [-0.39, 0.29) is 48.5 Å². The molecule has 8 aromatic rings. The van der Waals surface area contributed by atoms with Gasteiger partial charge in [0.05, 0.1) is 38.4 Å². The average Bonchev–Trinajstić information content (AvgIpc) is 3.66. The van der Waals surface area contributed by atoms with Crippen molar-refractivity contribution in [2.24, 2.45) is 0 Å². The van der Waals surface area contributed by atoms with Crippen molar-refractivity contribution in [3.63, 3.8) is 0 Å². The van der Waals surface area contributed by atoms with E-state index in [1.54, 1.807) is 0 Å². The van der Waals surface area contributed by atoms with Crippen LogP contribution in [-0.4, -0.2) is 35.8 Å². The second-order valence-corrected chi connectivity index (χ2v) is 36.0. The van der Waals surface area contributed by atoms with Gasteiger partial charge in [-0.1, -0.05) is 223 Å². The number of phenolic OH excluding ortho intramolecular Hbond substituents is 1. The number of aromatic hydroxyl groups is 1. The Balaban J connectivity index is 0.00000741. The van der Waals surface area contributed by atoms with Gasteiger partial charge in [0.15, 0.2) is 0 Å². The number of phenols is 1. The van der Waals surface area contributed by atoms with Gasteiger partial charge >= 0.3 is 0 Å². The number of pyridine rings is 1. The quantitative estimate of drug-likeness (QED) is 0.122. The van der Waals surface area contributed by atoms with Gasteiger partial charge in [-0.2, -0.15) is 0 Å². The third kappa shape index (κ3) is 11.1. The molecule has 2 heterocycles. The first kappa shape index (κ1) is 53.7. The largest absolute Gasteiger partial charge is 0.507 e. The summed E-state index contributed by atoms with van der Waals surface area (Å²) in [4.78, 5) is 10.8. The minimum Gasteiger partial charge on any atom is -0.507 e. The summed E-state index contributed by atoms with van der Waals surface area (Å²) in [5.74, 6) is 0.949. The van der Waals surface area contributed by atoms with Crippen molar-refractivity contribution in [3.8, 4) is 67.5 Å². The molecule has 0 bridgehead atoms. The summed E-state index contributed by atoms with van der Waals surface area (Å²) in [5, 5.41) is 15.6. The molecule has 0 amide bonds. The van der Waals surface area contributed by atoms with Gasteiger partial charge in [0, 0.05) is 44.1 Å². The van der Waals surface area contributed by atoms with Gasteiger partial charge in [-0.05, 0) is 79.8 Å². The van der Waals surface area contributed by atoms with Crippen molar-refractivity contribution in [3.05, 3.63) is 156 Å². The molecule has 8 rings (SSSR count). The summed E-state index contributed by atoms with van der Waals surface area (Å²) in [7, 11) is -3.21. The van der Waals surface area contributed by atoms with Gasteiger partial charge in [0.25, 0.3) is 0 Å². The van der Waals surface area contributed by atoms with E-state index < -0.39 is 16.1 Å². The first-order chi connectivity index (χ1) is 32.4. The maximum Gasteiger partial charge on any atom is 0.148 e. The molecule has 0 fully saturated rings. The zero-order valence-corrected chi connectivity index (χ0v) is 50.0. The third-order valence-corrected chi connectivity index (χ3v) is 18.0. The first-order valence-electron chi connectivity index (χ1n) is 25.2. The zero-order valence-electron chi connectivity index (χ0n) is 45.7. The summed E-state index contributed by atoms with van der Waals surface area (Å²) in [6.45, 7) is 41.5. The van der Waals surface area contributed by atoms with E-state index in [2.05, 4.69) is 254 Å². The van der Waals surface area contributed by atoms with Crippen LogP contribution in [0.25, 0.3) is 72.7 Å². The topological polar surface area (TPSA) is 50.9 Å². The van der Waals surface area contributed by atoms with Gasteiger partial charge < -0.3 is 5.11 Å². The number of imidazole rings is 1. The molecule has 0 saturated heterocycles. The second-order valence-electron chi connectivity index (χ2n) is 25.9. The maximum atomic E-state index is 12.6. The van der Waals surface area contributed by atoms with Crippen LogP contribution < -0.4 is 10.4 Å². The molecule has 0 aliphatic heterocycles. The number of benzene rings is 6. The number of hydrogen-bond donors (Lipinski definition) is 1. The Labute approximate surface area is 442 Å². The summed E-state index contributed by atoms with van der Waals surface area (Å²) in [6.07, 6.45) is 1.96. The van der Waals surface area contributed by atoms with Crippen LogP contribution in [0.2, 0.25) is 39.3 Å². The first-order valence-corrected chi connectivity index (χ1v) is 32.2. The molecule has 0 radical (unpaired) electrons. The van der Waals surface area contributed by atoms with Crippen LogP contribution in [0.15, 0.2) is 128 Å². The zero-order chi connectivity index (χ0) is 51.1. The fourth-order valence-electron chi connectivity index (χ4n) is 9.30. The molecular formula is C64H76N3OPtSi2-. The second kappa shape index (κ2) is 19.0. The summed E-state index contributed by atoms with van der Waals surface area (Å²) >= 11 is 0. The predicted molar refractivity (Wildman–Crippen MR) is 307 cm³/mol. The van der Waals surface area contributed by atoms with Crippen molar-refractivity contribution in [2.75, 3.05) is 0 Å². The van der Waals surface area contributed by atoms with E-state index in [1.165, 1.54) is 32.6 Å². The molecule has 0 unspecified atom stereocenters. The van der Waals surface area contributed by atoms with E-state index in [9.17, 15) is 5.11 Å². The number of para-hydroxylation sites is 1. The van der Waals surface area contributed by atoms with Crippen LogP contribution in [0.5, 0.6) is 5.75 Å². The van der Waals surface area contributed by atoms with Crippen LogP contribution in [0.1, 0.15) is 105 Å². The van der Waals surface area contributed by atoms with E-state index in [4.69, 9.17) is 9.97 Å². The number of hydrogen-bond acceptors (Lipinski definition) is 3. The number of fused-ring (bicyclic) bond motifs is 1. The van der Waals surface area contributed by atoms with Gasteiger partial charge in [0.1, 0.15) is 11.6 Å². The number of aromatic nitrogens is 3. The van der Waals surface area contributed by atoms with Crippen molar-refractivity contribution in [2.45, 2.75) is 144 Å². The van der Waals surface area contributed by atoms with Crippen molar-refractivity contribution >= 4 is 37.6 Å². The SMILES string of the molecule is CC(C)(C)c1cc(-c2cc(-c3cc([Si](C)(C)C)cc([Si](C)(C)C)c3)ccn2)[c-]c(-c2cccc3c2nc(-c2cc(C(C)(C)C)cc(C(C)(C)C)c2O)n3-c2ccc(C(C)(C)C)cc2-c2ccccc2)c1.[Pt]. The normalized spacial score (nSPS) is 12.9. The molecule has 0 spiro atoms. The van der Waals surface area contributed by atoms with Crippen LogP contribution in [0.3, 0.4) is 0 Å². The Morgan fingerprint density at radius 3 is 1.65 bits per heavy atom. The van der Waals surface area contributed by atoms with Crippen LogP contribution in [0, 0.1) is 6.07 Å². The molecular weight excluding hydrogens is 1080 g/mol. The van der Waals surface area contributed by atoms with Crippen molar-refractivity contribution < 1.29 is 26.2 Å². The minimum absolute atomic E-state index is 0. The third-order valence-electron chi connectivity index (χ3n) is 14.0. The molecule has 0 atom stereocenters. The number of rotatable bonds is 8. The Hall–Kier alpha value is -5.14. The van der Waals surface area contributed by atoms with Gasteiger partial charge in [-0.25, -0.2) is 4.98 Å². The van der Waals surface area contributed by atoms with E-state index >= 15 is 0 Å². The van der Waals surface area contributed by atoms with Crippen LogP contribution in [-0.2, 0) is 42.7 Å².